The molecule has 0 aliphatic heterocycles. The van der Waals surface area contributed by atoms with Crippen LogP contribution in [0.25, 0.3) is 0 Å². The van der Waals surface area contributed by atoms with Crippen LogP contribution in [0.1, 0.15) is 47.8 Å². The highest BCUT2D eigenvalue weighted by molar-refractivity contribution is 5.97. The molecular weight excluding hydrogens is 458 g/mol. The molecule has 0 saturated carbocycles. The van der Waals surface area contributed by atoms with Crippen molar-refractivity contribution in [2.24, 2.45) is 0 Å². The van der Waals surface area contributed by atoms with Crippen LogP contribution in [0.15, 0.2) is 67.3 Å². The number of hydrogen-bond acceptors (Lipinski definition) is 6. The first kappa shape index (κ1) is 28.3. The summed E-state index contributed by atoms with van der Waals surface area (Å²) in [4.78, 5) is 27.9. The molecule has 2 aromatic carbocycles. The van der Waals surface area contributed by atoms with Gasteiger partial charge in [0.25, 0.3) is 11.8 Å². The van der Waals surface area contributed by atoms with Gasteiger partial charge in [-0.15, -0.1) is 0 Å². The van der Waals surface area contributed by atoms with Gasteiger partial charge in [0, 0.05) is 42.2 Å². The van der Waals surface area contributed by atoms with E-state index < -0.39 is 24.0 Å². The second-order valence-corrected chi connectivity index (χ2v) is 8.02. The molecule has 9 nitrogen and oxygen atoms in total. The summed E-state index contributed by atoms with van der Waals surface area (Å²) in [5.41, 5.74) is 4.52. The molecule has 2 atom stereocenters. The monoisotopic (exact) mass is 491 g/mol. The molecule has 2 amide bonds. The summed E-state index contributed by atoms with van der Waals surface area (Å²) in [6.45, 7) is 3.99. The van der Waals surface area contributed by atoms with Crippen LogP contribution in [0.4, 0.5) is 0 Å². The molecule has 0 fully saturated rings. The van der Waals surface area contributed by atoms with Crippen LogP contribution in [0.2, 0.25) is 0 Å². The minimum absolute atomic E-state index is 0. The zero-order valence-electron chi connectivity index (χ0n) is 19.4. The average molecular weight is 492 g/mol. The van der Waals surface area contributed by atoms with Crippen LogP contribution in [0.3, 0.4) is 0 Å². The first-order chi connectivity index (χ1) is 17.0. The van der Waals surface area contributed by atoms with Crippen molar-refractivity contribution in [3.05, 3.63) is 89.5 Å². The third kappa shape index (κ3) is 8.67. The van der Waals surface area contributed by atoms with Gasteiger partial charge in [-0.05, 0) is 61.9 Å². The number of carbonyl (C=O) groups is 2. The van der Waals surface area contributed by atoms with E-state index in [0.717, 1.165) is 37.2 Å². The number of imidazole rings is 1. The van der Waals surface area contributed by atoms with Crippen molar-refractivity contribution in [2.45, 2.75) is 46.0 Å². The van der Waals surface area contributed by atoms with Gasteiger partial charge in [-0.1, -0.05) is 31.4 Å². The largest absolute Gasteiger partial charge is 0.391 e. The summed E-state index contributed by atoms with van der Waals surface area (Å²) in [7, 11) is 0. The van der Waals surface area contributed by atoms with Crippen molar-refractivity contribution >= 4 is 11.8 Å². The molecule has 0 radical (unpaired) electrons. The topological polar surface area (TPSA) is 129 Å². The predicted molar refractivity (Wildman–Crippen MR) is 137 cm³/mol. The van der Waals surface area contributed by atoms with Gasteiger partial charge in [-0.25, -0.2) is 10.5 Å². The number of amides is 2. The maximum absolute atomic E-state index is 12.3. The molecule has 0 saturated heterocycles. The van der Waals surface area contributed by atoms with Crippen molar-refractivity contribution in [1.29, 1.82) is 0 Å². The Balaban J connectivity index is 0.00000456. The second-order valence-electron chi connectivity index (χ2n) is 8.02. The molecule has 0 bridgehead atoms. The van der Waals surface area contributed by atoms with Gasteiger partial charge >= 0.3 is 0 Å². The minimum atomic E-state index is -1.27. The van der Waals surface area contributed by atoms with Crippen molar-refractivity contribution in [3.8, 4) is 11.8 Å². The number of hydroxylamine groups is 1. The van der Waals surface area contributed by atoms with E-state index in [-0.39, 0.29) is 7.43 Å². The van der Waals surface area contributed by atoms with Crippen molar-refractivity contribution in [1.82, 2.24) is 25.7 Å². The molecule has 9 heteroatoms. The number of aliphatic hydroxyl groups is 1. The quantitative estimate of drug-likeness (QED) is 0.128. The van der Waals surface area contributed by atoms with E-state index in [0.29, 0.717) is 5.56 Å². The van der Waals surface area contributed by atoms with E-state index >= 15 is 0 Å². The Morgan fingerprint density at radius 2 is 1.69 bits per heavy atom. The Kier molecular flexibility index (Phi) is 11.3. The SMILES string of the molecule is C.C[C@@H](O)[C@H](NC(=O)c1ccc(C#Cc2ccc(CNCCCn3ccnc3)cc2)cc1)C(=O)NO. The Morgan fingerprint density at radius 3 is 2.25 bits per heavy atom. The number of nitrogens with zero attached hydrogens (tertiary/aromatic N) is 2. The standard InChI is InChI=1S/C26H29N5O4.CH4/c1-19(32)24(26(34)30-35)29-25(33)23-11-9-21(10-12-23)4-3-20-5-7-22(8-6-20)17-27-13-2-15-31-16-14-28-18-31;/h5-12,14,16,18-19,24,27,32,35H,2,13,15,17H2,1H3,(H,29,33)(H,30,34);1H4/t19-,24+;/m1./s1. The zero-order chi connectivity index (χ0) is 25.0. The van der Waals surface area contributed by atoms with Crippen molar-refractivity contribution < 1.29 is 19.9 Å². The molecule has 1 aromatic heterocycles. The first-order valence-electron chi connectivity index (χ1n) is 11.3. The Bertz CT molecular complexity index is 1150. The molecule has 3 rings (SSSR count). The van der Waals surface area contributed by atoms with Crippen molar-refractivity contribution in [2.75, 3.05) is 6.54 Å². The summed E-state index contributed by atoms with van der Waals surface area (Å²) in [5, 5.41) is 24.2. The number of aromatic nitrogens is 2. The van der Waals surface area contributed by atoms with Crippen LogP contribution < -0.4 is 16.1 Å². The fraction of sp³-hybridized carbons (Fsp3) is 0.296. The third-order valence-corrected chi connectivity index (χ3v) is 5.27. The summed E-state index contributed by atoms with van der Waals surface area (Å²) in [6, 6.07) is 13.3. The number of hydrogen-bond donors (Lipinski definition) is 5. The lowest BCUT2D eigenvalue weighted by Crippen LogP contribution is -2.51. The third-order valence-electron chi connectivity index (χ3n) is 5.27. The lowest BCUT2D eigenvalue weighted by molar-refractivity contribution is -0.133. The van der Waals surface area contributed by atoms with Gasteiger partial charge in [0.05, 0.1) is 12.4 Å². The summed E-state index contributed by atoms with van der Waals surface area (Å²) >= 11 is 0. The maximum atomic E-state index is 12.3. The molecule has 190 valence electrons. The van der Waals surface area contributed by atoms with Crippen LogP contribution in [-0.2, 0) is 17.9 Å². The summed E-state index contributed by atoms with van der Waals surface area (Å²) < 4.78 is 2.06. The first-order valence-corrected chi connectivity index (χ1v) is 11.3. The van der Waals surface area contributed by atoms with Gasteiger partial charge in [-0.2, -0.15) is 0 Å². The average Bonchev–Trinajstić information content (AvgIpc) is 3.39. The number of nitrogens with one attached hydrogen (secondary N) is 3. The maximum Gasteiger partial charge on any atom is 0.268 e. The molecule has 0 aliphatic rings. The number of aliphatic hydroxyl groups excluding tert-OH is 1. The van der Waals surface area contributed by atoms with E-state index in [4.69, 9.17) is 5.21 Å². The van der Waals surface area contributed by atoms with Gasteiger partial charge in [0.2, 0.25) is 0 Å². The number of carbonyl (C=O) groups excluding carboxylic acids is 2. The van der Waals surface area contributed by atoms with E-state index in [9.17, 15) is 14.7 Å². The number of rotatable bonds is 10. The lowest BCUT2D eigenvalue weighted by atomic mass is 10.1. The lowest BCUT2D eigenvalue weighted by Gasteiger charge is -2.19. The molecule has 0 unspecified atom stereocenters. The predicted octanol–water partition coefficient (Wildman–Crippen LogP) is 2.08. The van der Waals surface area contributed by atoms with Crippen LogP contribution in [0.5, 0.6) is 0 Å². The Hall–Kier alpha value is -3.97. The van der Waals surface area contributed by atoms with E-state index in [2.05, 4.69) is 32.0 Å². The van der Waals surface area contributed by atoms with E-state index in [1.165, 1.54) is 18.0 Å². The van der Waals surface area contributed by atoms with Gasteiger partial charge in [-0.3, -0.25) is 14.8 Å². The van der Waals surface area contributed by atoms with Gasteiger partial charge in [0.1, 0.15) is 6.04 Å². The smallest absolute Gasteiger partial charge is 0.268 e. The second kappa shape index (κ2) is 14.4. The highest BCUT2D eigenvalue weighted by Gasteiger charge is 2.25. The molecule has 5 N–H and O–H groups in total. The molecule has 0 aliphatic carbocycles. The highest BCUT2D eigenvalue weighted by Crippen LogP contribution is 2.07. The molecular formula is C27H33N5O4. The number of aryl methyl sites for hydroxylation is 1. The summed E-state index contributed by atoms with van der Waals surface area (Å²) in [6.07, 6.45) is 5.41. The fourth-order valence-electron chi connectivity index (χ4n) is 3.29. The van der Waals surface area contributed by atoms with Crippen molar-refractivity contribution in [3.63, 3.8) is 0 Å². The minimum Gasteiger partial charge on any atom is -0.391 e. The zero-order valence-corrected chi connectivity index (χ0v) is 19.4. The molecule has 36 heavy (non-hydrogen) atoms. The van der Waals surface area contributed by atoms with E-state index in [1.54, 1.807) is 30.5 Å². The Labute approximate surface area is 211 Å². The molecule has 1 heterocycles. The van der Waals surface area contributed by atoms with E-state index in [1.807, 2.05) is 36.8 Å². The van der Waals surface area contributed by atoms with Crippen LogP contribution in [0, 0.1) is 11.8 Å². The summed E-state index contributed by atoms with van der Waals surface area (Å²) in [5.74, 6) is 4.72. The van der Waals surface area contributed by atoms with Crippen LogP contribution in [-0.4, -0.2) is 50.4 Å². The molecule has 0 spiro atoms. The van der Waals surface area contributed by atoms with Gasteiger partial charge < -0.3 is 20.3 Å². The highest BCUT2D eigenvalue weighted by atomic mass is 16.5. The fourth-order valence-corrected chi connectivity index (χ4v) is 3.29. The molecule has 3 aromatic rings. The van der Waals surface area contributed by atoms with Gasteiger partial charge in [0.15, 0.2) is 0 Å². The number of benzene rings is 2. The van der Waals surface area contributed by atoms with Crippen LogP contribution >= 0.6 is 0 Å². The normalized spacial score (nSPS) is 11.9. The Morgan fingerprint density at radius 1 is 1.06 bits per heavy atom.